The molecular formula is C18H19N3O3. The molecule has 0 unspecified atom stereocenters. The van der Waals surface area contributed by atoms with E-state index in [1.807, 2.05) is 37.3 Å². The number of anilines is 2. The van der Waals surface area contributed by atoms with Crippen LogP contribution in [0, 0.1) is 17.0 Å². The molecule has 0 bridgehead atoms. The standard InChI is InChI=1S/C18H19N3O3/c1-3-11-20(15-7-5-4-6-8-15)18(22)13-19-17-12-16(21(23)24)10-9-14(17)2/h3-10,12,19H,1,11,13H2,2H3. The monoisotopic (exact) mass is 325 g/mol. The molecule has 6 nitrogen and oxygen atoms in total. The average molecular weight is 325 g/mol. The Morgan fingerprint density at radius 2 is 2.00 bits per heavy atom. The number of carbonyl (C=O) groups excluding carboxylic acids is 1. The van der Waals surface area contributed by atoms with E-state index >= 15 is 0 Å². The molecule has 0 fully saturated rings. The third kappa shape index (κ3) is 4.19. The highest BCUT2D eigenvalue weighted by atomic mass is 16.6. The maximum Gasteiger partial charge on any atom is 0.271 e. The van der Waals surface area contributed by atoms with Crippen LogP contribution < -0.4 is 10.2 Å². The molecule has 0 aromatic heterocycles. The number of nitro benzene ring substituents is 1. The van der Waals surface area contributed by atoms with Crippen molar-refractivity contribution in [2.24, 2.45) is 0 Å². The maximum atomic E-state index is 12.5. The summed E-state index contributed by atoms with van der Waals surface area (Å²) in [4.78, 5) is 24.5. The van der Waals surface area contributed by atoms with Gasteiger partial charge in [-0.05, 0) is 24.6 Å². The van der Waals surface area contributed by atoms with Crippen molar-refractivity contribution in [2.45, 2.75) is 6.92 Å². The maximum absolute atomic E-state index is 12.5. The molecule has 0 saturated carbocycles. The molecule has 0 heterocycles. The Morgan fingerprint density at radius 1 is 1.29 bits per heavy atom. The van der Waals surface area contributed by atoms with Crippen molar-refractivity contribution < 1.29 is 9.72 Å². The van der Waals surface area contributed by atoms with Gasteiger partial charge in [0, 0.05) is 30.1 Å². The Kier molecular flexibility index (Phi) is 5.68. The van der Waals surface area contributed by atoms with Crippen LogP contribution in [0.4, 0.5) is 17.1 Å². The van der Waals surface area contributed by atoms with E-state index in [0.29, 0.717) is 12.2 Å². The molecule has 2 rings (SSSR count). The minimum absolute atomic E-state index is 0.0124. The second kappa shape index (κ2) is 7.92. The number of para-hydroxylation sites is 1. The van der Waals surface area contributed by atoms with Gasteiger partial charge in [0.1, 0.15) is 0 Å². The van der Waals surface area contributed by atoms with Gasteiger partial charge in [-0.25, -0.2) is 0 Å². The van der Waals surface area contributed by atoms with Gasteiger partial charge < -0.3 is 10.2 Å². The number of hydrogen-bond acceptors (Lipinski definition) is 4. The second-order valence-corrected chi connectivity index (χ2v) is 5.24. The molecule has 124 valence electrons. The number of hydrogen-bond donors (Lipinski definition) is 1. The molecule has 1 amide bonds. The number of aryl methyl sites for hydroxylation is 1. The first kappa shape index (κ1) is 17.2. The first-order valence-corrected chi connectivity index (χ1v) is 7.48. The number of benzene rings is 2. The van der Waals surface area contributed by atoms with Gasteiger partial charge in [0.05, 0.1) is 11.5 Å². The van der Waals surface area contributed by atoms with Gasteiger partial charge in [0.2, 0.25) is 5.91 Å². The first-order valence-electron chi connectivity index (χ1n) is 7.48. The Balaban J connectivity index is 2.12. The summed E-state index contributed by atoms with van der Waals surface area (Å²) in [7, 11) is 0. The fourth-order valence-electron chi connectivity index (χ4n) is 2.27. The third-order valence-corrected chi connectivity index (χ3v) is 3.54. The van der Waals surface area contributed by atoms with Crippen molar-refractivity contribution in [3.63, 3.8) is 0 Å². The van der Waals surface area contributed by atoms with Crippen LogP contribution in [-0.2, 0) is 4.79 Å². The minimum Gasteiger partial charge on any atom is -0.376 e. The smallest absolute Gasteiger partial charge is 0.271 e. The summed E-state index contributed by atoms with van der Waals surface area (Å²) in [6.45, 7) is 5.93. The molecule has 2 aromatic rings. The van der Waals surface area contributed by atoms with Crippen LogP contribution in [0.25, 0.3) is 0 Å². The van der Waals surface area contributed by atoms with Crippen LogP contribution in [0.2, 0.25) is 0 Å². The van der Waals surface area contributed by atoms with Crippen LogP contribution in [0.1, 0.15) is 5.56 Å². The molecule has 24 heavy (non-hydrogen) atoms. The topological polar surface area (TPSA) is 75.5 Å². The molecule has 2 aromatic carbocycles. The summed E-state index contributed by atoms with van der Waals surface area (Å²) < 4.78 is 0. The summed E-state index contributed by atoms with van der Waals surface area (Å²) in [5.41, 5.74) is 2.18. The lowest BCUT2D eigenvalue weighted by atomic mass is 10.2. The number of rotatable bonds is 7. The molecule has 1 N–H and O–H groups in total. The molecule has 0 radical (unpaired) electrons. The van der Waals surface area contributed by atoms with Crippen molar-refractivity contribution in [1.29, 1.82) is 0 Å². The fourth-order valence-corrected chi connectivity index (χ4v) is 2.27. The third-order valence-electron chi connectivity index (χ3n) is 3.54. The molecule has 6 heteroatoms. The lowest BCUT2D eigenvalue weighted by molar-refractivity contribution is -0.384. The zero-order valence-electron chi connectivity index (χ0n) is 13.4. The Hall–Kier alpha value is -3.15. The van der Waals surface area contributed by atoms with E-state index in [1.165, 1.54) is 12.1 Å². The highest BCUT2D eigenvalue weighted by Gasteiger charge is 2.15. The van der Waals surface area contributed by atoms with Crippen LogP contribution in [0.15, 0.2) is 61.2 Å². The molecule has 0 spiro atoms. The molecule has 0 aliphatic heterocycles. The Labute approximate surface area is 140 Å². The highest BCUT2D eigenvalue weighted by molar-refractivity contribution is 5.96. The summed E-state index contributed by atoms with van der Waals surface area (Å²) in [5.74, 6) is -0.146. The van der Waals surface area contributed by atoms with Gasteiger partial charge in [-0.1, -0.05) is 30.3 Å². The number of carbonyl (C=O) groups is 1. The minimum atomic E-state index is -0.458. The molecule has 0 saturated heterocycles. The van der Waals surface area contributed by atoms with E-state index < -0.39 is 4.92 Å². The Bertz CT molecular complexity index is 744. The van der Waals surface area contributed by atoms with E-state index in [-0.39, 0.29) is 18.1 Å². The first-order chi connectivity index (χ1) is 11.5. The van der Waals surface area contributed by atoms with Crippen LogP contribution >= 0.6 is 0 Å². The number of nitro groups is 1. The Morgan fingerprint density at radius 3 is 2.62 bits per heavy atom. The number of nitrogens with one attached hydrogen (secondary N) is 1. The SMILES string of the molecule is C=CCN(C(=O)CNc1cc([N+](=O)[O-])ccc1C)c1ccccc1. The molecular weight excluding hydrogens is 306 g/mol. The van der Waals surface area contributed by atoms with Gasteiger partial charge in [-0.3, -0.25) is 14.9 Å². The largest absolute Gasteiger partial charge is 0.376 e. The summed E-state index contributed by atoms with van der Waals surface area (Å²) in [6.07, 6.45) is 1.66. The normalized spacial score (nSPS) is 10.0. The van der Waals surface area contributed by atoms with Crippen LogP contribution in [-0.4, -0.2) is 23.9 Å². The van der Waals surface area contributed by atoms with Gasteiger partial charge in [0.15, 0.2) is 0 Å². The number of nitrogens with zero attached hydrogens (tertiary/aromatic N) is 2. The van der Waals surface area contributed by atoms with Crippen molar-refractivity contribution in [3.8, 4) is 0 Å². The van der Waals surface area contributed by atoms with E-state index in [1.54, 1.807) is 17.0 Å². The summed E-state index contributed by atoms with van der Waals surface area (Å²) in [5, 5.41) is 13.9. The van der Waals surface area contributed by atoms with Crippen LogP contribution in [0.3, 0.4) is 0 Å². The predicted octanol–water partition coefficient (Wildman–Crippen LogP) is 3.53. The van der Waals surface area contributed by atoms with E-state index in [4.69, 9.17) is 0 Å². The van der Waals surface area contributed by atoms with Crippen molar-refractivity contribution in [3.05, 3.63) is 76.9 Å². The average Bonchev–Trinajstić information content (AvgIpc) is 2.59. The fraction of sp³-hybridized carbons (Fsp3) is 0.167. The van der Waals surface area contributed by atoms with Gasteiger partial charge in [-0.15, -0.1) is 6.58 Å². The summed E-state index contributed by atoms with van der Waals surface area (Å²) >= 11 is 0. The highest BCUT2D eigenvalue weighted by Crippen LogP contribution is 2.22. The van der Waals surface area contributed by atoms with E-state index in [9.17, 15) is 14.9 Å². The van der Waals surface area contributed by atoms with Crippen molar-refractivity contribution in [1.82, 2.24) is 0 Å². The van der Waals surface area contributed by atoms with Gasteiger partial charge in [0.25, 0.3) is 5.69 Å². The zero-order valence-corrected chi connectivity index (χ0v) is 13.4. The van der Waals surface area contributed by atoms with Gasteiger partial charge in [-0.2, -0.15) is 0 Å². The van der Waals surface area contributed by atoms with Crippen LogP contribution in [0.5, 0.6) is 0 Å². The van der Waals surface area contributed by atoms with E-state index in [0.717, 1.165) is 11.3 Å². The molecule has 0 aliphatic carbocycles. The second-order valence-electron chi connectivity index (χ2n) is 5.24. The van der Waals surface area contributed by atoms with Crippen molar-refractivity contribution >= 4 is 23.0 Å². The quantitative estimate of drug-likeness (QED) is 0.480. The number of non-ortho nitro benzene ring substituents is 1. The molecule has 0 aliphatic rings. The lowest BCUT2D eigenvalue weighted by Gasteiger charge is -2.22. The van der Waals surface area contributed by atoms with Gasteiger partial charge >= 0.3 is 0 Å². The number of amides is 1. The van der Waals surface area contributed by atoms with E-state index in [2.05, 4.69) is 11.9 Å². The zero-order chi connectivity index (χ0) is 17.5. The lowest BCUT2D eigenvalue weighted by Crippen LogP contribution is -2.35. The summed E-state index contributed by atoms with van der Waals surface area (Å²) in [6, 6.07) is 13.8. The van der Waals surface area contributed by atoms with Crippen molar-refractivity contribution in [2.75, 3.05) is 23.3 Å². The predicted molar refractivity (Wildman–Crippen MR) is 95.3 cm³/mol. The molecule has 0 atom stereocenters.